The van der Waals surface area contributed by atoms with Crippen molar-refractivity contribution in [3.05, 3.63) is 47.4 Å². The van der Waals surface area contributed by atoms with Crippen molar-refractivity contribution in [2.75, 3.05) is 6.61 Å². The first-order chi connectivity index (χ1) is 10.3. The van der Waals surface area contributed by atoms with Crippen molar-refractivity contribution in [3.63, 3.8) is 0 Å². The van der Waals surface area contributed by atoms with Crippen LogP contribution in [0.5, 0.6) is 5.75 Å². The first-order valence-electron chi connectivity index (χ1n) is 6.95. The fourth-order valence-electron chi connectivity index (χ4n) is 2.07. The highest BCUT2D eigenvalue weighted by Gasteiger charge is 2.39. The van der Waals surface area contributed by atoms with E-state index in [-0.39, 0.29) is 11.4 Å². The Kier molecular flexibility index (Phi) is 5.08. The molecule has 1 aromatic carbocycles. The van der Waals surface area contributed by atoms with Crippen molar-refractivity contribution in [1.29, 1.82) is 0 Å². The number of ether oxygens (including phenoxy) is 1. The third kappa shape index (κ3) is 3.59. The molecule has 1 aromatic rings. The molecular formula is C17H19NO2S2. The van der Waals surface area contributed by atoms with Gasteiger partial charge in [0.1, 0.15) is 16.7 Å². The second kappa shape index (κ2) is 6.67. The smallest absolute Gasteiger partial charge is 0.266 e. The van der Waals surface area contributed by atoms with Crippen LogP contribution in [0.25, 0.3) is 6.08 Å². The average molecular weight is 333 g/mol. The molecule has 0 saturated carbocycles. The quantitative estimate of drug-likeness (QED) is 0.468. The second-order valence-corrected chi connectivity index (χ2v) is 7.50. The van der Waals surface area contributed by atoms with Crippen LogP contribution >= 0.6 is 24.0 Å². The van der Waals surface area contributed by atoms with Gasteiger partial charge in [-0.2, -0.15) is 0 Å². The number of carbonyl (C=O) groups is 1. The van der Waals surface area contributed by atoms with Gasteiger partial charge >= 0.3 is 0 Å². The minimum atomic E-state index is -0.324. The Labute approximate surface area is 141 Å². The van der Waals surface area contributed by atoms with Crippen LogP contribution in [0.2, 0.25) is 0 Å². The van der Waals surface area contributed by atoms with E-state index in [2.05, 4.69) is 6.58 Å². The van der Waals surface area contributed by atoms with Crippen molar-refractivity contribution in [2.45, 2.75) is 26.3 Å². The lowest BCUT2D eigenvalue weighted by molar-refractivity contribution is -0.125. The van der Waals surface area contributed by atoms with Crippen molar-refractivity contribution < 1.29 is 9.53 Å². The number of hydrogen-bond donors (Lipinski definition) is 0. The monoisotopic (exact) mass is 333 g/mol. The van der Waals surface area contributed by atoms with Crippen LogP contribution in [0.15, 0.2) is 41.8 Å². The van der Waals surface area contributed by atoms with E-state index in [0.29, 0.717) is 15.8 Å². The minimum absolute atomic E-state index is 0.0546. The molecule has 2 rings (SSSR count). The number of rotatable bonds is 4. The lowest BCUT2D eigenvalue weighted by Gasteiger charge is -2.30. The predicted molar refractivity (Wildman–Crippen MR) is 96.9 cm³/mol. The van der Waals surface area contributed by atoms with Crippen LogP contribution in [0.1, 0.15) is 26.3 Å². The summed E-state index contributed by atoms with van der Waals surface area (Å²) in [5.74, 6) is 0.671. The Bertz CT molecular complexity index is 644. The van der Waals surface area contributed by atoms with Crippen LogP contribution in [0, 0.1) is 0 Å². The fourth-order valence-corrected chi connectivity index (χ4v) is 3.69. The molecule has 1 aliphatic heterocycles. The maximum Gasteiger partial charge on any atom is 0.266 e. The summed E-state index contributed by atoms with van der Waals surface area (Å²) in [4.78, 5) is 14.9. The molecule has 1 heterocycles. The molecular weight excluding hydrogens is 314 g/mol. The lowest BCUT2D eigenvalue weighted by atomic mass is 10.1. The van der Waals surface area contributed by atoms with Gasteiger partial charge in [-0.25, -0.2) is 0 Å². The zero-order chi connectivity index (χ0) is 16.3. The molecule has 1 saturated heterocycles. The van der Waals surface area contributed by atoms with Gasteiger partial charge in [-0.1, -0.05) is 54.8 Å². The summed E-state index contributed by atoms with van der Waals surface area (Å²) < 4.78 is 6.21. The molecule has 116 valence electrons. The van der Waals surface area contributed by atoms with Crippen LogP contribution in [-0.4, -0.2) is 27.3 Å². The van der Waals surface area contributed by atoms with Gasteiger partial charge in [0.05, 0.1) is 4.91 Å². The van der Waals surface area contributed by atoms with E-state index in [9.17, 15) is 4.79 Å². The van der Waals surface area contributed by atoms with Crippen molar-refractivity contribution in [2.24, 2.45) is 0 Å². The maximum atomic E-state index is 12.6. The standard InChI is InChI=1S/C17H19NO2S2/c1-5-10-20-13-9-7-6-8-12(13)11-14-15(19)18(16(21)22-14)17(2,3)4/h5-9,11H,1,10H2,2-4H3. The predicted octanol–water partition coefficient (Wildman–Crippen LogP) is 4.25. The highest BCUT2D eigenvalue weighted by molar-refractivity contribution is 8.26. The third-order valence-corrected chi connectivity index (χ3v) is 4.33. The molecule has 0 unspecified atom stereocenters. The highest BCUT2D eigenvalue weighted by Crippen LogP contribution is 2.37. The molecule has 1 aliphatic rings. The summed E-state index contributed by atoms with van der Waals surface area (Å²) in [6.45, 7) is 9.99. The van der Waals surface area contributed by atoms with E-state index in [1.54, 1.807) is 11.0 Å². The molecule has 0 aliphatic carbocycles. The normalized spacial score (nSPS) is 17.2. The van der Waals surface area contributed by atoms with Gasteiger partial charge in [0.15, 0.2) is 0 Å². The molecule has 5 heteroatoms. The molecule has 3 nitrogen and oxygen atoms in total. The fraction of sp³-hybridized carbons (Fsp3) is 0.294. The number of thiocarbonyl (C=S) groups is 1. The number of para-hydroxylation sites is 1. The minimum Gasteiger partial charge on any atom is -0.489 e. The van der Waals surface area contributed by atoms with Crippen molar-refractivity contribution in [1.82, 2.24) is 4.90 Å². The zero-order valence-electron chi connectivity index (χ0n) is 13.0. The number of hydrogen-bond acceptors (Lipinski definition) is 4. The van der Waals surface area contributed by atoms with Gasteiger partial charge < -0.3 is 4.74 Å². The van der Waals surface area contributed by atoms with E-state index in [0.717, 1.165) is 11.3 Å². The Hall–Kier alpha value is -1.59. The molecule has 1 amide bonds. The Morgan fingerprint density at radius 1 is 1.36 bits per heavy atom. The van der Waals surface area contributed by atoms with Gasteiger partial charge in [0.25, 0.3) is 5.91 Å². The topological polar surface area (TPSA) is 29.5 Å². The number of thioether (sulfide) groups is 1. The highest BCUT2D eigenvalue weighted by atomic mass is 32.2. The average Bonchev–Trinajstić information content (AvgIpc) is 2.72. The number of benzene rings is 1. The molecule has 0 atom stereocenters. The van der Waals surface area contributed by atoms with E-state index >= 15 is 0 Å². The number of amides is 1. The third-order valence-electron chi connectivity index (χ3n) is 3.03. The second-order valence-electron chi connectivity index (χ2n) is 5.83. The summed E-state index contributed by atoms with van der Waals surface area (Å²) in [5, 5.41) is 0. The summed E-state index contributed by atoms with van der Waals surface area (Å²) >= 11 is 6.67. The first kappa shape index (κ1) is 16.8. The summed E-state index contributed by atoms with van der Waals surface area (Å²) in [7, 11) is 0. The zero-order valence-corrected chi connectivity index (χ0v) is 14.6. The van der Waals surface area contributed by atoms with Gasteiger partial charge in [0.2, 0.25) is 0 Å². The van der Waals surface area contributed by atoms with Gasteiger partial charge in [-0.15, -0.1) is 0 Å². The van der Waals surface area contributed by atoms with Crippen LogP contribution < -0.4 is 4.74 Å². The van der Waals surface area contributed by atoms with E-state index in [1.165, 1.54) is 11.8 Å². The Morgan fingerprint density at radius 3 is 2.64 bits per heavy atom. The SMILES string of the molecule is C=CCOc1ccccc1C=C1SC(=S)N(C(C)(C)C)C1=O. The lowest BCUT2D eigenvalue weighted by Crippen LogP contribution is -2.44. The Balaban J connectivity index is 2.33. The maximum absolute atomic E-state index is 12.6. The molecule has 0 aromatic heterocycles. The molecule has 0 spiro atoms. The van der Waals surface area contributed by atoms with Gasteiger partial charge in [-0.05, 0) is 32.9 Å². The molecule has 0 radical (unpaired) electrons. The summed E-state index contributed by atoms with van der Waals surface area (Å²) in [6, 6.07) is 7.61. The summed E-state index contributed by atoms with van der Waals surface area (Å²) in [5.41, 5.74) is 0.536. The molecule has 1 fully saturated rings. The van der Waals surface area contributed by atoms with Crippen LogP contribution in [0.3, 0.4) is 0 Å². The first-order valence-corrected chi connectivity index (χ1v) is 8.18. The summed E-state index contributed by atoms with van der Waals surface area (Å²) in [6.07, 6.45) is 3.53. The van der Waals surface area contributed by atoms with E-state index < -0.39 is 0 Å². The van der Waals surface area contributed by atoms with E-state index in [4.69, 9.17) is 17.0 Å². The van der Waals surface area contributed by atoms with E-state index in [1.807, 2.05) is 51.1 Å². The number of carbonyl (C=O) groups excluding carboxylic acids is 1. The van der Waals surface area contributed by atoms with Crippen molar-refractivity contribution >= 4 is 40.3 Å². The Morgan fingerprint density at radius 2 is 2.05 bits per heavy atom. The molecule has 0 bridgehead atoms. The van der Waals surface area contributed by atoms with Crippen LogP contribution in [-0.2, 0) is 4.79 Å². The molecule has 0 N–H and O–H groups in total. The molecule has 22 heavy (non-hydrogen) atoms. The van der Waals surface area contributed by atoms with Gasteiger partial charge in [0, 0.05) is 11.1 Å². The van der Waals surface area contributed by atoms with Gasteiger partial charge in [-0.3, -0.25) is 9.69 Å². The largest absolute Gasteiger partial charge is 0.489 e. The van der Waals surface area contributed by atoms with Crippen molar-refractivity contribution in [3.8, 4) is 5.75 Å². The van der Waals surface area contributed by atoms with Crippen LogP contribution in [0.4, 0.5) is 0 Å². The number of nitrogens with zero attached hydrogens (tertiary/aromatic N) is 1.